The van der Waals surface area contributed by atoms with Gasteiger partial charge in [0.2, 0.25) is 0 Å². The molecule has 0 radical (unpaired) electrons. The van der Waals surface area contributed by atoms with Crippen molar-refractivity contribution in [1.29, 1.82) is 0 Å². The van der Waals surface area contributed by atoms with Crippen molar-refractivity contribution in [3.63, 3.8) is 0 Å². The van der Waals surface area contributed by atoms with Crippen LogP contribution >= 0.6 is 0 Å². The molecule has 0 aromatic rings. The third kappa shape index (κ3) is 3.37. The first-order valence-corrected chi connectivity index (χ1v) is 6.01. The Morgan fingerprint density at radius 1 is 1.61 bits per heavy atom. The minimum Gasteiger partial charge on any atom is -0.444 e. The topological polar surface area (TPSA) is 70.0 Å². The van der Waals surface area contributed by atoms with E-state index in [9.17, 15) is 15.0 Å². The van der Waals surface area contributed by atoms with E-state index in [0.29, 0.717) is 13.0 Å². The number of piperidine rings is 1. The summed E-state index contributed by atoms with van der Waals surface area (Å²) >= 11 is 0. The third-order valence-electron chi connectivity index (χ3n) is 2.98. The van der Waals surface area contributed by atoms with Crippen molar-refractivity contribution < 1.29 is 19.7 Å². The molecule has 18 heavy (non-hydrogen) atoms. The number of likely N-dealkylation sites (tertiary alicyclic amines) is 1. The van der Waals surface area contributed by atoms with Crippen LogP contribution in [0, 0.1) is 18.3 Å². The summed E-state index contributed by atoms with van der Waals surface area (Å²) in [6.45, 7) is 5.55. The molecule has 1 heterocycles. The Labute approximate surface area is 108 Å². The van der Waals surface area contributed by atoms with Gasteiger partial charge >= 0.3 is 6.09 Å². The van der Waals surface area contributed by atoms with Crippen molar-refractivity contribution >= 4 is 6.09 Å². The van der Waals surface area contributed by atoms with E-state index in [0.717, 1.165) is 0 Å². The lowest BCUT2D eigenvalue weighted by Crippen LogP contribution is -2.56. The number of β-amino-alcohol motifs (C(OH)–C–C–N with tert-alkyl or cyclic N) is 1. The Morgan fingerprint density at radius 2 is 2.22 bits per heavy atom. The number of terminal acetylenes is 1. The lowest BCUT2D eigenvalue weighted by Gasteiger charge is -2.41. The van der Waals surface area contributed by atoms with Gasteiger partial charge in [-0.3, -0.25) is 0 Å². The quantitative estimate of drug-likeness (QED) is 0.673. The first-order valence-electron chi connectivity index (χ1n) is 6.01. The summed E-state index contributed by atoms with van der Waals surface area (Å²) in [5.74, 6) is 1.87. The van der Waals surface area contributed by atoms with Gasteiger partial charge in [0.05, 0.1) is 6.54 Å². The molecule has 0 saturated carbocycles. The lowest BCUT2D eigenvalue weighted by molar-refractivity contribution is -0.0580. The van der Waals surface area contributed by atoms with Crippen molar-refractivity contribution in [1.82, 2.24) is 4.90 Å². The van der Waals surface area contributed by atoms with E-state index < -0.39 is 23.2 Å². The van der Waals surface area contributed by atoms with Crippen LogP contribution in [-0.4, -0.2) is 52.1 Å². The summed E-state index contributed by atoms with van der Waals surface area (Å²) in [6, 6.07) is 0. The fraction of sp³-hybridized carbons (Fsp3) is 0.769. The molecule has 1 aliphatic heterocycles. The SMILES string of the molecule is C#CC1(O)CN(C(=O)OC(C)(C)C)CCC1CO. The molecule has 1 aliphatic rings. The van der Waals surface area contributed by atoms with Crippen LogP contribution in [0.1, 0.15) is 27.2 Å². The highest BCUT2D eigenvalue weighted by Gasteiger charge is 2.42. The fourth-order valence-corrected chi connectivity index (χ4v) is 1.94. The predicted molar refractivity (Wildman–Crippen MR) is 66.8 cm³/mol. The third-order valence-corrected chi connectivity index (χ3v) is 2.98. The largest absolute Gasteiger partial charge is 0.444 e. The number of ether oxygens (including phenoxy) is 1. The number of amides is 1. The van der Waals surface area contributed by atoms with Crippen molar-refractivity contribution in [2.24, 2.45) is 5.92 Å². The minimum atomic E-state index is -1.48. The summed E-state index contributed by atoms with van der Waals surface area (Å²) < 4.78 is 5.23. The normalized spacial score (nSPS) is 28.7. The Hall–Kier alpha value is -1.25. The second kappa shape index (κ2) is 5.17. The molecule has 1 saturated heterocycles. The van der Waals surface area contributed by atoms with Crippen molar-refractivity contribution in [3.05, 3.63) is 0 Å². The molecular formula is C13H21NO4. The van der Waals surface area contributed by atoms with E-state index in [1.54, 1.807) is 20.8 Å². The number of rotatable bonds is 1. The molecule has 1 amide bonds. The molecule has 5 heteroatoms. The highest BCUT2D eigenvalue weighted by molar-refractivity contribution is 5.68. The molecular weight excluding hydrogens is 234 g/mol. The highest BCUT2D eigenvalue weighted by Crippen LogP contribution is 2.27. The molecule has 1 fully saturated rings. The van der Waals surface area contributed by atoms with Gasteiger partial charge in [0.1, 0.15) is 11.2 Å². The second-order valence-corrected chi connectivity index (χ2v) is 5.64. The Kier molecular flexibility index (Phi) is 4.25. The molecule has 5 nitrogen and oxygen atoms in total. The van der Waals surface area contributed by atoms with Crippen molar-refractivity contribution in [2.75, 3.05) is 19.7 Å². The van der Waals surface area contributed by atoms with E-state index in [2.05, 4.69) is 5.92 Å². The average molecular weight is 255 g/mol. The van der Waals surface area contributed by atoms with Gasteiger partial charge in [-0.2, -0.15) is 0 Å². The van der Waals surface area contributed by atoms with Crippen molar-refractivity contribution in [2.45, 2.75) is 38.4 Å². The number of nitrogens with zero attached hydrogens (tertiary/aromatic N) is 1. The first-order chi connectivity index (χ1) is 8.22. The van der Waals surface area contributed by atoms with Crippen LogP contribution < -0.4 is 0 Å². The summed E-state index contributed by atoms with van der Waals surface area (Å²) in [6.07, 6.45) is 5.27. The zero-order valence-corrected chi connectivity index (χ0v) is 11.1. The van der Waals surface area contributed by atoms with Gasteiger partial charge in [-0.25, -0.2) is 4.79 Å². The maximum absolute atomic E-state index is 11.9. The van der Waals surface area contributed by atoms with Gasteiger partial charge in [0.15, 0.2) is 0 Å². The van der Waals surface area contributed by atoms with Crippen LogP contribution in [0.5, 0.6) is 0 Å². The van der Waals surface area contributed by atoms with Gasteiger partial charge in [0.25, 0.3) is 0 Å². The molecule has 0 aliphatic carbocycles. The Morgan fingerprint density at radius 3 is 2.67 bits per heavy atom. The van der Waals surface area contributed by atoms with E-state index in [-0.39, 0.29) is 13.2 Å². The van der Waals surface area contributed by atoms with Crippen LogP contribution in [0.4, 0.5) is 4.79 Å². The maximum Gasteiger partial charge on any atom is 0.410 e. The van der Waals surface area contributed by atoms with Gasteiger partial charge in [-0.05, 0) is 27.2 Å². The molecule has 0 aromatic carbocycles. The molecule has 2 unspecified atom stereocenters. The number of aliphatic hydroxyl groups is 2. The molecule has 0 bridgehead atoms. The summed E-state index contributed by atoms with van der Waals surface area (Å²) in [7, 11) is 0. The number of aliphatic hydroxyl groups excluding tert-OH is 1. The summed E-state index contributed by atoms with van der Waals surface area (Å²) in [4.78, 5) is 13.3. The smallest absolute Gasteiger partial charge is 0.410 e. The van der Waals surface area contributed by atoms with E-state index in [1.807, 2.05) is 0 Å². The van der Waals surface area contributed by atoms with Gasteiger partial charge in [-0.1, -0.05) is 5.92 Å². The van der Waals surface area contributed by atoms with Gasteiger partial charge < -0.3 is 19.8 Å². The number of carbonyl (C=O) groups excluding carboxylic acids is 1. The van der Waals surface area contributed by atoms with E-state index in [1.165, 1.54) is 4.90 Å². The van der Waals surface area contributed by atoms with Gasteiger partial charge in [-0.15, -0.1) is 6.42 Å². The number of carbonyl (C=O) groups is 1. The molecule has 1 rings (SSSR count). The average Bonchev–Trinajstić information content (AvgIpc) is 2.26. The van der Waals surface area contributed by atoms with E-state index >= 15 is 0 Å². The van der Waals surface area contributed by atoms with Crippen LogP contribution in [-0.2, 0) is 4.74 Å². The van der Waals surface area contributed by atoms with Crippen LogP contribution in [0.3, 0.4) is 0 Å². The Bertz CT molecular complexity index is 355. The number of hydrogen-bond acceptors (Lipinski definition) is 4. The van der Waals surface area contributed by atoms with Gasteiger partial charge in [0, 0.05) is 19.1 Å². The standard InChI is InChI=1S/C13H21NO4/c1-5-13(17)9-14(7-6-10(13)8-15)11(16)18-12(2,3)4/h1,10,15,17H,6-9H2,2-4H3. The highest BCUT2D eigenvalue weighted by atomic mass is 16.6. The molecule has 0 aromatic heterocycles. The number of hydrogen-bond donors (Lipinski definition) is 2. The Balaban J connectivity index is 2.73. The van der Waals surface area contributed by atoms with E-state index in [4.69, 9.17) is 11.2 Å². The van der Waals surface area contributed by atoms with Crippen LogP contribution in [0.15, 0.2) is 0 Å². The molecule has 2 atom stereocenters. The fourth-order valence-electron chi connectivity index (χ4n) is 1.94. The predicted octanol–water partition coefficient (Wildman–Crippen LogP) is 0.600. The van der Waals surface area contributed by atoms with Crippen LogP contribution in [0.25, 0.3) is 0 Å². The van der Waals surface area contributed by atoms with Crippen LogP contribution in [0.2, 0.25) is 0 Å². The van der Waals surface area contributed by atoms with Crippen molar-refractivity contribution in [3.8, 4) is 12.3 Å². The zero-order chi connectivity index (χ0) is 14.0. The lowest BCUT2D eigenvalue weighted by atomic mass is 9.82. The zero-order valence-electron chi connectivity index (χ0n) is 11.1. The second-order valence-electron chi connectivity index (χ2n) is 5.64. The maximum atomic E-state index is 11.9. The molecule has 0 spiro atoms. The summed E-state index contributed by atoms with van der Waals surface area (Å²) in [5.41, 5.74) is -2.07. The monoisotopic (exact) mass is 255 g/mol. The molecule has 2 N–H and O–H groups in total. The molecule has 102 valence electrons. The summed E-state index contributed by atoms with van der Waals surface area (Å²) in [5, 5.41) is 19.4. The minimum absolute atomic E-state index is 0.0103. The first kappa shape index (κ1) is 14.8.